The third-order valence-corrected chi connectivity index (χ3v) is 6.67. The van der Waals surface area contributed by atoms with Gasteiger partial charge in [0.2, 0.25) is 11.8 Å². The van der Waals surface area contributed by atoms with Gasteiger partial charge in [0.1, 0.15) is 6.10 Å². The minimum Gasteiger partial charge on any atom is -0.462 e. The van der Waals surface area contributed by atoms with Crippen LogP contribution in [0, 0.1) is 23.2 Å². The van der Waals surface area contributed by atoms with Crippen LogP contribution < -0.4 is 0 Å². The van der Waals surface area contributed by atoms with Gasteiger partial charge in [-0.2, -0.15) is 0 Å². The second kappa shape index (κ2) is 7.69. The molecule has 0 aromatic heterocycles. The summed E-state index contributed by atoms with van der Waals surface area (Å²) in [6.07, 6.45) is 7.80. The van der Waals surface area contributed by atoms with Crippen molar-refractivity contribution in [1.29, 1.82) is 0 Å². The minimum absolute atomic E-state index is 0.00587. The average molecular weight is 363 g/mol. The Hall–Kier alpha value is -1.39. The second-order valence-corrected chi connectivity index (χ2v) is 9.41. The summed E-state index contributed by atoms with van der Waals surface area (Å²) in [7, 11) is 0. The predicted molar refractivity (Wildman–Crippen MR) is 98.1 cm³/mol. The van der Waals surface area contributed by atoms with Crippen LogP contribution in [0.4, 0.5) is 0 Å². The molecule has 1 heterocycles. The standard InChI is InChI=1S/C21H33NO4/c1-21(2,3)14-8-10-15(11-9-14)26-18(23)12-13-22-19(24)16-6-4-5-7-17(16)20(22)25/h14-17H,4-13H2,1-3H3. The number of nitrogens with zero attached hydrogens (tertiary/aromatic N) is 1. The highest BCUT2D eigenvalue weighted by Gasteiger charge is 2.47. The molecule has 1 aliphatic heterocycles. The third-order valence-electron chi connectivity index (χ3n) is 6.67. The zero-order valence-corrected chi connectivity index (χ0v) is 16.5. The van der Waals surface area contributed by atoms with Crippen molar-refractivity contribution < 1.29 is 19.1 Å². The first-order valence-corrected chi connectivity index (χ1v) is 10.3. The maximum absolute atomic E-state index is 12.4. The highest BCUT2D eigenvalue weighted by atomic mass is 16.5. The monoisotopic (exact) mass is 363 g/mol. The fourth-order valence-electron chi connectivity index (χ4n) is 4.95. The molecule has 2 atom stereocenters. The van der Waals surface area contributed by atoms with Gasteiger partial charge in [-0.15, -0.1) is 0 Å². The molecule has 3 rings (SSSR count). The zero-order valence-electron chi connectivity index (χ0n) is 16.5. The topological polar surface area (TPSA) is 63.7 Å². The molecule has 26 heavy (non-hydrogen) atoms. The van der Waals surface area contributed by atoms with E-state index in [4.69, 9.17) is 4.74 Å². The molecular formula is C21H33NO4. The first-order valence-electron chi connectivity index (χ1n) is 10.3. The zero-order chi connectivity index (χ0) is 18.9. The number of amides is 2. The lowest BCUT2D eigenvalue weighted by atomic mass is 9.72. The largest absolute Gasteiger partial charge is 0.462 e. The molecule has 2 unspecified atom stereocenters. The van der Waals surface area contributed by atoms with Crippen molar-refractivity contribution in [2.75, 3.05) is 6.54 Å². The van der Waals surface area contributed by atoms with Crippen molar-refractivity contribution in [1.82, 2.24) is 4.90 Å². The molecule has 0 spiro atoms. The summed E-state index contributed by atoms with van der Waals surface area (Å²) in [5.74, 6) is -0.0171. The molecule has 3 aliphatic rings. The van der Waals surface area contributed by atoms with Crippen LogP contribution in [0.1, 0.15) is 78.6 Å². The quantitative estimate of drug-likeness (QED) is 0.564. The number of rotatable bonds is 4. The predicted octanol–water partition coefficient (Wildman–Crippen LogP) is 3.70. The van der Waals surface area contributed by atoms with Crippen LogP contribution in [0.3, 0.4) is 0 Å². The fourth-order valence-corrected chi connectivity index (χ4v) is 4.95. The fraction of sp³-hybridized carbons (Fsp3) is 0.857. The second-order valence-electron chi connectivity index (χ2n) is 9.41. The van der Waals surface area contributed by atoms with E-state index in [2.05, 4.69) is 20.8 Å². The van der Waals surface area contributed by atoms with E-state index in [1.54, 1.807) is 0 Å². The normalized spacial score (nSPS) is 32.5. The Morgan fingerprint density at radius 3 is 2.00 bits per heavy atom. The lowest BCUT2D eigenvalue weighted by molar-refractivity contribution is -0.152. The minimum atomic E-state index is -0.278. The maximum atomic E-state index is 12.4. The molecule has 2 amide bonds. The van der Waals surface area contributed by atoms with Gasteiger partial charge in [0.05, 0.1) is 18.3 Å². The van der Waals surface area contributed by atoms with Gasteiger partial charge in [0.15, 0.2) is 0 Å². The van der Waals surface area contributed by atoms with Gasteiger partial charge in [-0.05, 0) is 49.9 Å². The number of likely N-dealkylation sites (tertiary alicyclic amines) is 1. The Morgan fingerprint density at radius 2 is 1.50 bits per heavy atom. The van der Waals surface area contributed by atoms with Crippen LogP contribution in [0.25, 0.3) is 0 Å². The molecule has 1 saturated heterocycles. The van der Waals surface area contributed by atoms with Crippen molar-refractivity contribution in [3.8, 4) is 0 Å². The smallest absolute Gasteiger partial charge is 0.307 e. The lowest BCUT2D eigenvalue weighted by Crippen LogP contribution is -2.34. The van der Waals surface area contributed by atoms with Gasteiger partial charge in [0, 0.05) is 6.54 Å². The van der Waals surface area contributed by atoms with Crippen LogP contribution in [-0.2, 0) is 19.1 Å². The Bertz CT molecular complexity index is 533. The van der Waals surface area contributed by atoms with Gasteiger partial charge in [0.25, 0.3) is 0 Å². The average Bonchev–Trinajstić information content (AvgIpc) is 2.84. The molecule has 0 radical (unpaired) electrons. The molecule has 0 aromatic rings. The summed E-state index contributed by atoms with van der Waals surface area (Å²) < 4.78 is 5.61. The molecule has 0 bridgehead atoms. The molecule has 2 aliphatic carbocycles. The van der Waals surface area contributed by atoms with Gasteiger partial charge >= 0.3 is 5.97 Å². The van der Waals surface area contributed by atoms with Crippen LogP contribution in [0.5, 0.6) is 0 Å². The first kappa shape index (κ1) is 19.4. The van der Waals surface area contributed by atoms with Crippen molar-refractivity contribution in [2.45, 2.75) is 84.7 Å². The van der Waals surface area contributed by atoms with Gasteiger partial charge in [-0.1, -0.05) is 33.6 Å². The van der Waals surface area contributed by atoms with E-state index in [-0.39, 0.29) is 48.7 Å². The summed E-state index contributed by atoms with van der Waals surface area (Å²) in [4.78, 5) is 38.4. The molecule has 5 nitrogen and oxygen atoms in total. The number of imide groups is 1. The van der Waals surface area contributed by atoms with Crippen molar-refractivity contribution in [3.05, 3.63) is 0 Å². The van der Waals surface area contributed by atoms with Crippen molar-refractivity contribution in [2.24, 2.45) is 23.2 Å². The number of carbonyl (C=O) groups excluding carboxylic acids is 3. The molecule has 3 fully saturated rings. The van der Waals surface area contributed by atoms with Crippen LogP contribution in [-0.4, -0.2) is 35.3 Å². The van der Waals surface area contributed by atoms with E-state index in [0.29, 0.717) is 11.3 Å². The maximum Gasteiger partial charge on any atom is 0.307 e. The number of esters is 1. The van der Waals surface area contributed by atoms with E-state index in [0.717, 1.165) is 51.4 Å². The lowest BCUT2D eigenvalue weighted by Gasteiger charge is -2.36. The highest BCUT2D eigenvalue weighted by molar-refractivity contribution is 6.05. The Labute approximate surface area is 156 Å². The number of fused-ring (bicyclic) bond motifs is 1. The van der Waals surface area contributed by atoms with Crippen molar-refractivity contribution >= 4 is 17.8 Å². The summed E-state index contributed by atoms with van der Waals surface area (Å²) >= 11 is 0. The summed E-state index contributed by atoms with van der Waals surface area (Å²) in [6.45, 7) is 6.99. The SMILES string of the molecule is CC(C)(C)C1CCC(OC(=O)CCN2C(=O)C3CCCCC3C2=O)CC1. The summed E-state index contributed by atoms with van der Waals surface area (Å²) in [5, 5.41) is 0. The Morgan fingerprint density at radius 1 is 0.962 bits per heavy atom. The van der Waals surface area contributed by atoms with E-state index in [1.165, 1.54) is 4.90 Å². The van der Waals surface area contributed by atoms with E-state index in [9.17, 15) is 14.4 Å². The number of carbonyl (C=O) groups is 3. The summed E-state index contributed by atoms with van der Waals surface area (Å²) in [6, 6.07) is 0. The van der Waals surface area contributed by atoms with E-state index >= 15 is 0 Å². The van der Waals surface area contributed by atoms with Gasteiger partial charge in [-0.25, -0.2) is 0 Å². The third kappa shape index (κ3) is 4.12. The molecule has 2 saturated carbocycles. The first-order chi connectivity index (χ1) is 12.3. The molecule has 146 valence electrons. The van der Waals surface area contributed by atoms with Crippen molar-refractivity contribution in [3.63, 3.8) is 0 Å². The van der Waals surface area contributed by atoms with E-state index in [1.807, 2.05) is 0 Å². The number of hydrogen-bond acceptors (Lipinski definition) is 4. The molecule has 0 N–H and O–H groups in total. The van der Waals surface area contributed by atoms with Crippen LogP contribution >= 0.6 is 0 Å². The Kier molecular flexibility index (Phi) is 5.73. The molecular weight excluding hydrogens is 330 g/mol. The van der Waals surface area contributed by atoms with Crippen LogP contribution in [0.2, 0.25) is 0 Å². The number of ether oxygens (including phenoxy) is 1. The summed E-state index contributed by atoms with van der Waals surface area (Å²) in [5.41, 5.74) is 0.308. The molecule has 0 aromatic carbocycles. The van der Waals surface area contributed by atoms with Crippen LogP contribution in [0.15, 0.2) is 0 Å². The number of hydrogen-bond donors (Lipinski definition) is 0. The Balaban J connectivity index is 1.43. The van der Waals surface area contributed by atoms with Gasteiger partial charge < -0.3 is 4.74 Å². The highest BCUT2D eigenvalue weighted by Crippen LogP contribution is 2.39. The van der Waals surface area contributed by atoms with Gasteiger partial charge in [-0.3, -0.25) is 19.3 Å². The molecule has 5 heteroatoms. The van der Waals surface area contributed by atoms with E-state index < -0.39 is 0 Å².